The maximum atomic E-state index is 11.3. The lowest BCUT2D eigenvalue weighted by Gasteiger charge is -2.26. The minimum Gasteiger partial charge on any atom is -0.394 e. The van der Waals surface area contributed by atoms with E-state index >= 15 is 0 Å². The predicted octanol–water partition coefficient (Wildman–Crippen LogP) is 2.25. The van der Waals surface area contributed by atoms with Crippen LogP contribution in [-0.4, -0.2) is 23.0 Å². The lowest BCUT2D eigenvalue weighted by molar-refractivity contribution is 0.294. The van der Waals surface area contributed by atoms with Gasteiger partial charge in [-0.15, -0.1) is 0 Å². The van der Waals surface area contributed by atoms with E-state index in [0.29, 0.717) is 0 Å². The van der Waals surface area contributed by atoms with Crippen molar-refractivity contribution in [1.29, 1.82) is 0 Å². The summed E-state index contributed by atoms with van der Waals surface area (Å²) in [6, 6.07) is 12.3. The largest absolute Gasteiger partial charge is 0.394 e. The molecule has 4 nitrogen and oxygen atoms in total. The number of H-pyrrole nitrogens is 1. The number of aromatic nitrogens is 1. The van der Waals surface area contributed by atoms with Crippen LogP contribution in [-0.2, 0) is 6.54 Å². The number of aromatic amines is 1. The Bertz CT molecular complexity index is 703. The van der Waals surface area contributed by atoms with Crippen LogP contribution in [0.5, 0.6) is 0 Å². The number of nitrogen functional groups attached to an aromatic ring is 1. The van der Waals surface area contributed by atoms with E-state index in [1.54, 1.807) is 12.3 Å². The zero-order valence-electron chi connectivity index (χ0n) is 11.9. The number of rotatable bonds is 3. The van der Waals surface area contributed by atoms with Crippen LogP contribution >= 0.6 is 0 Å². The summed E-state index contributed by atoms with van der Waals surface area (Å²) in [5.74, 6) is 0. The number of nitrogens with one attached hydrogen (secondary N) is 1. The molecule has 0 bridgehead atoms. The minimum absolute atomic E-state index is 0.221. The van der Waals surface area contributed by atoms with E-state index in [-0.39, 0.29) is 11.2 Å². The van der Waals surface area contributed by atoms with Crippen LogP contribution in [0.2, 0.25) is 0 Å². The number of hydrogen-bond acceptors (Lipinski definition) is 3. The Hall–Kier alpha value is -2.33. The lowest BCUT2D eigenvalue weighted by Crippen LogP contribution is -2.28. The first kappa shape index (κ1) is 13.6. The number of pyridine rings is 1. The molecule has 1 aromatic carbocycles. The summed E-state index contributed by atoms with van der Waals surface area (Å²) < 4.78 is 0. The average molecular weight is 281 g/mol. The Labute approximate surface area is 123 Å². The van der Waals surface area contributed by atoms with Crippen LogP contribution in [0, 0.1) is 0 Å². The van der Waals surface area contributed by atoms with Gasteiger partial charge in [-0.3, -0.25) is 9.69 Å². The molecule has 3 rings (SSSR count). The molecular weight excluding hydrogens is 262 g/mol. The van der Waals surface area contributed by atoms with E-state index in [0.717, 1.165) is 31.6 Å². The zero-order chi connectivity index (χ0) is 14.7. The van der Waals surface area contributed by atoms with Crippen molar-refractivity contribution in [3.05, 3.63) is 70.2 Å². The number of nitrogens with zero attached hydrogens (tertiary/aromatic N) is 1. The fraction of sp³-hybridized carbons (Fsp3) is 0.235. The predicted molar refractivity (Wildman–Crippen MR) is 85.8 cm³/mol. The van der Waals surface area contributed by atoms with Gasteiger partial charge < -0.3 is 10.7 Å². The summed E-state index contributed by atoms with van der Waals surface area (Å²) in [6.45, 7) is 2.90. The molecule has 0 radical (unpaired) electrons. The highest BCUT2D eigenvalue weighted by molar-refractivity contribution is 5.68. The first-order chi connectivity index (χ1) is 10.2. The monoisotopic (exact) mass is 281 g/mol. The molecule has 2 aromatic rings. The Morgan fingerprint density at radius 1 is 1.24 bits per heavy atom. The minimum atomic E-state index is -0.221. The zero-order valence-corrected chi connectivity index (χ0v) is 11.9. The molecule has 1 aliphatic rings. The lowest BCUT2D eigenvalue weighted by atomic mass is 10.0. The molecule has 1 aromatic heterocycles. The van der Waals surface area contributed by atoms with Gasteiger partial charge in [-0.2, -0.15) is 0 Å². The summed E-state index contributed by atoms with van der Waals surface area (Å²) in [5.41, 5.74) is 9.34. The van der Waals surface area contributed by atoms with Crippen LogP contribution in [0.15, 0.2) is 53.5 Å². The van der Waals surface area contributed by atoms with Crippen molar-refractivity contribution in [2.75, 3.05) is 18.8 Å². The first-order valence-electron chi connectivity index (χ1n) is 7.16. The van der Waals surface area contributed by atoms with Gasteiger partial charge in [0.2, 0.25) is 0 Å². The molecule has 0 saturated heterocycles. The fourth-order valence-electron chi connectivity index (χ4n) is 2.65. The summed E-state index contributed by atoms with van der Waals surface area (Å²) in [7, 11) is 0. The maximum Gasteiger partial charge on any atom is 0.271 e. The van der Waals surface area contributed by atoms with Crippen LogP contribution in [0.25, 0.3) is 5.57 Å². The molecule has 3 N–H and O–H groups in total. The number of nitrogens with two attached hydrogens (primary N) is 1. The molecule has 0 aliphatic carbocycles. The Kier molecular flexibility index (Phi) is 3.88. The standard InChI is InChI=1S/C17H19N3O/c18-16-10-15(11-19-17(16)21)14-6-8-20(9-7-14)12-13-4-2-1-3-5-13/h1-6,10-11H,7-9,12,18H2,(H,19,21). The molecule has 108 valence electrons. The van der Waals surface area contributed by atoms with Gasteiger partial charge in [-0.05, 0) is 29.2 Å². The average Bonchev–Trinajstić information content (AvgIpc) is 2.52. The summed E-state index contributed by atoms with van der Waals surface area (Å²) in [4.78, 5) is 16.4. The van der Waals surface area contributed by atoms with Crippen molar-refractivity contribution < 1.29 is 0 Å². The summed E-state index contributed by atoms with van der Waals surface area (Å²) in [5, 5.41) is 0. The molecule has 4 heteroatoms. The Balaban J connectivity index is 1.69. The maximum absolute atomic E-state index is 11.3. The summed E-state index contributed by atoms with van der Waals surface area (Å²) in [6.07, 6.45) is 4.94. The van der Waals surface area contributed by atoms with Crippen molar-refractivity contribution in [2.45, 2.75) is 13.0 Å². The van der Waals surface area contributed by atoms with Crippen LogP contribution in [0.1, 0.15) is 17.5 Å². The molecule has 0 spiro atoms. The number of anilines is 1. The Morgan fingerprint density at radius 2 is 2.05 bits per heavy atom. The quantitative estimate of drug-likeness (QED) is 0.907. The molecule has 0 unspecified atom stereocenters. The fourth-order valence-corrected chi connectivity index (χ4v) is 2.65. The molecule has 0 fully saturated rings. The molecule has 0 saturated carbocycles. The highest BCUT2D eigenvalue weighted by Gasteiger charge is 2.13. The van der Waals surface area contributed by atoms with Crippen LogP contribution < -0.4 is 11.3 Å². The molecular formula is C17H19N3O. The topological polar surface area (TPSA) is 62.1 Å². The molecule has 1 aliphatic heterocycles. The molecule has 2 heterocycles. The SMILES string of the molecule is Nc1cc(C2=CCN(Cc3ccccc3)CC2)c[nH]c1=O. The highest BCUT2D eigenvalue weighted by Crippen LogP contribution is 2.23. The van der Waals surface area contributed by atoms with Gasteiger partial charge in [0, 0.05) is 25.8 Å². The van der Waals surface area contributed by atoms with Crippen molar-refractivity contribution >= 4 is 11.3 Å². The van der Waals surface area contributed by atoms with Crippen molar-refractivity contribution in [2.24, 2.45) is 0 Å². The van der Waals surface area contributed by atoms with E-state index < -0.39 is 0 Å². The van der Waals surface area contributed by atoms with Crippen LogP contribution in [0.3, 0.4) is 0 Å². The van der Waals surface area contributed by atoms with Crippen LogP contribution in [0.4, 0.5) is 5.69 Å². The number of hydrogen-bond donors (Lipinski definition) is 2. The highest BCUT2D eigenvalue weighted by atomic mass is 16.1. The van der Waals surface area contributed by atoms with E-state index in [9.17, 15) is 4.79 Å². The van der Waals surface area contributed by atoms with Gasteiger partial charge >= 0.3 is 0 Å². The van der Waals surface area contributed by atoms with Gasteiger partial charge in [0.1, 0.15) is 0 Å². The summed E-state index contributed by atoms with van der Waals surface area (Å²) >= 11 is 0. The molecule has 0 atom stereocenters. The van der Waals surface area contributed by atoms with Crippen molar-refractivity contribution in [3.63, 3.8) is 0 Å². The molecule has 0 amide bonds. The first-order valence-corrected chi connectivity index (χ1v) is 7.16. The van der Waals surface area contributed by atoms with E-state index in [2.05, 4.69) is 40.2 Å². The van der Waals surface area contributed by atoms with Crippen molar-refractivity contribution in [3.8, 4) is 0 Å². The van der Waals surface area contributed by atoms with Gasteiger partial charge in [0.25, 0.3) is 5.56 Å². The van der Waals surface area contributed by atoms with E-state index in [1.807, 2.05) is 6.07 Å². The third-order valence-corrected chi connectivity index (χ3v) is 3.85. The second-order valence-electron chi connectivity index (χ2n) is 5.37. The third kappa shape index (κ3) is 3.23. The second kappa shape index (κ2) is 5.97. The van der Waals surface area contributed by atoms with Gasteiger partial charge in [-0.25, -0.2) is 0 Å². The van der Waals surface area contributed by atoms with Crippen molar-refractivity contribution in [1.82, 2.24) is 9.88 Å². The third-order valence-electron chi connectivity index (χ3n) is 3.85. The second-order valence-corrected chi connectivity index (χ2v) is 5.37. The normalized spacial score (nSPS) is 15.7. The van der Waals surface area contributed by atoms with Gasteiger partial charge in [0.15, 0.2) is 0 Å². The molecule has 21 heavy (non-hydrogen) atoms. The number of benzene rings is 1. The van der Waals surface area contributed by atoms with E-state index in [4.69, 9.17) is 5.73 Å². The van der Waals surface area contributed by atoms with Gasteiger partial charge in [-0.1, -0.05) is 36.4 Å². The van der Waals surface area contributed by atoms with Gasteiger partial charge in [0.05, 0.1) is 5.69 Å². The van der Waals surface area contributed by atoms with E-state index in [1.165, 1.54) is 11.1 Å². The smallest absolute Gasteiger partial charge is 0.271 e. The Morgan fingerprint density at radius 3 is 2.71 bits per heavy atom.